The van der Waals surface area contributed by atoms with E-state index in [2.05, 4.69) is 19.2 Å². The summed E-state index contributed by atoms with van der Waals surface area (Å²) in [5.41, 5.74) is 0. The van der Waals surface area contributed by atoms with Crippen molar-refractivity contribution in [3.05, 3.63) is 12.2 Å². The van der Waals surface area contributed by atoms with Gasteiger partial charge in [0.1, 0.15) is 52.4 Å². The van der Waals surface area contributed by atoms with Gasteiger partial charge >= 0.3 is 17.8 Å². The molecule has 8 atom stereocenters. The number of fused-ring (bicyclic) bond motifs is 1. The quantitative estimate of drug-likeness (QED) is 0.139. The van der Waals surface area contributed by atoms with Gasteiger partial charge in [0, 0.05) is 13.0 Å². The van der Waals surface area contributed by atoms with Gasteiger partial charge in [-0.1, -0.05) is 12.2 Å². The van der Waals surface area contributed by atoms with Gasteiger partial charge in [-0.3, -0.25) is 4.79 Å². The van der Waals surface area contributed by atoms with E-state index in [1.54, 1.807) is 0 Å². The van der Waals surface area contributed by atoms with Crippen LogP contribution in [-0.2, 0) is 28.6 Å². The van der Waals surface area contributed by atoms with Gasteiger partial charge in [-0.15, -0.1) is 8.97 Å². The maximum absolute atomic E-state index is 13.6. The van der Waals surface area contributed by atoms with Gasteiger partial charge in [-0.05, 0) is 50.4 Å². The van der Waals surface area contributed by atoms with Gasteiger partial charge in [0.05, 0.1) is 39.6 Å². The van der Waals surface area contributed by atoms with Gasteiger partial charge < -0.3 is 24.4 Å². The van der Waals surface area contributed by atoms with Crippen LogP contribution in [0.5, 0.6) is 0 Å². The fraction of sp³-hybridized carbons (Fsp3) is 0.848. The van der Waals surface area contributed by atoms with Gasteiger partial charge in [-0.2, -0.15) is 8.97 Å². The summed E-state index contributed by atoms with van der Waals surface area (Å²) in [6, 6.07) is 0. The Bertz CT molecular complexity index is 1140. The first-order valence-corrected chi connectivity index (χ1v) is 17.4. The molecule has 0 aromatic rings. The fourth-order valence-electron chi connectivity index (χ4n) is 11.3. The topological polar surface area (TPSA) is 119 Å². The lowest BCUT2D eigenvalue weighted by Gasteiger charge is -2.49. The van der Waals surface area contributed by atoms with E-state index in [0.717, 1.165) is 38.6 Å². The highest BCUT2D eigenvalue weighted by Gasteiger charge is 2.98. The molecule has 1 saturated carbocycles. The van der Waals surface area contributed by atoms with Gasteiger partial charge in [0.15, 0.2) is 25.4 Å². The molecule has 2 N–H and O–H groups in total. The lowest BCUT2D eigenvalue weighted by atomic mass is 9.66. The van der Waals surface area contributed by atoms with Crippen LogP contribution >= 0.6 is 0 Å². The number of ether oxygens (including phenoxy) is 3. The second-order valence-corrected chi connectivity index (χ2v) is 15.0. The SMILES string of the molecule is C[N+]12CC[N+]3(CC(=O)O)CC[N+]4(CC(=O)O)CC[N+](CC(=O)CCCOCCOCCO[C@H]5C[C@@H]6CC/C=C/CC[C@@H]65)(CC1)C234. The van der Waals surface area contributed by atoms with E-state index in [1.165, 1.54) is 32.1 Å². The van der Waals surface area contributed by atoms with E-state index < -0.39 is 17.8 Å². The van der Waals surface area contributed by atoms with Crippen LogP contribution < -0.4 is 0 Å². The minimum atomic E-state index is -0.843. The van der Waals surface area contributed by atoms with Crippen LogP contribution in [0.2, 0.25) is 0 Å². The molecule has 12 heteroatoms. The van der Waals surface area contributed by atoms with Crippen molar-refractivity contribution in [1.82, 2.24) is 0 Å². The van der Waals surface area contributed by atoms with E-state index in [1.807, 2.05) is 0 Å². The Morgan fingerprint density at radius 1 is 0.733 bits per heavy atom. The minimum Gasteiger partial charge on any atom is -0.477 e. The molecular weight excluding hydrogens is 580 g/mol. The number of hydrogen-bond donors (Lipinski definition) is 2. The highest BCUT2D eigenvalue weighted by molar-refractivity contribution is 5.79. The zero-order valence-corrected chi connectivity index (χ0v) is 27.3. The summed E-state index contributed by atoms with van der Waals surface area (Å²) in [5, 5.41) is 20.1. The Morgan fingerprint density at radius 2 is 1.27 bits per heavy atom. The zero-order valence-electron chi connectivity index (χ0n) is 27.3. The van der Waals surface area contributed by atoms with Crippen LogP contribution in [0.3, 0.4) is 0 Å². The predicted molar refractivity (Wildman–Crippen MR) is 163 cm³/mol. The lowest BCUT2D eigenvalue weighted by Crippen LogP contribution is -2.85. The number of likely N-dealkylation sites (N-methyl/N-ethyl adjacent to an activating group) is 1. The minimum absolute atomic E-state index is 0.0108. The van der Waals surface area contributed by atoms with Crippen LogP contribution in [0.1, 0.15) is 44.9 Å². The van der Waals surface area contributed by atoms with Crippen molar-refractivity contribution in [1.29, 1.82) is 0 Å². The molecule has 1 spiro atoms. The number of quaternary nitrogens is 4. The van der Waals surface area contributed by atoms with Gasteiger partial charge in [-0.25, -0.2) is 9.59 Å². The average molecular weight is 637 g/mol. The van der Waals surface area contributed by atoms with Crippen molar-refractivity contribution in [3.8, 4) is 0 Å². The van der Waals surface area contributed by atoms with Crippen LogP contribution in [0.4, 0.5) is 0 Å². The molecule has 5 fully saturated rings. The highest BCUT2D eigenvalue weighted by Crippen LogP contribution is 2.61. The maximum atomic E-state index is 13.6. The second-order valence-electron chi connectivity index (χ2n) is 15.0. The Morgan fingerprint density at radius 3 is 1.89 bits per heavy atom. The van der Waals surface area contributed by atoms with Crippen molar-refractivity contribution in [2.45, 2.75) is 57.0 Å². The van der Waals surface area contributed by atoms with Crippen molar-refractivity contribution >= 4 is 17.7 Å². The van der Waals surface area contributed by atoms with E-state index in [0.29, 0.717) is 102 Å². The molecule has 12 nitrogen and oxygen atoms in total. The first kappa shape index (κ1) is 33.0. The molecule has 6 rings (SSSR count). The number of ketones is 1. The third-order valence-corrected chi connectivity index (χ3v) is 12.8. The zero-order chi connectivity index (χ0) is 31.8. The molecule has 4 heterocycles. The summed E-state index contributed by atoms with van der Waals surface area (Å²) >= 11 is 0. The number of rotatable bonds is 17. The molecule has 0 aromatic carbocycles. The van der Waals surface area contributed by atoms with E-state index in [4.69, 9.17) is 14.2 Å². The Hall–Kier alpha value is -1.93. The van der Waals surface area contributed by atoms with Gasteiger partial charge in [0.25, 0.3) is 0 Å². The monoisotopic (exact) mass is 636 g/mol. The fourth-order valence-corrected chi connectivity index (χ4v) is 11.3. The average Bonchev–Trinajstić information content (AvgIpc) is 3.59. The second kappa shape index (κ2) is 12.9. The number of Topliss-reactive ketones (excluding diaryl/α,β-unsaturated/α-hetero) is 1. The van der Waals surface area contributed by atoms with Crippen LogP contribution in [0, 0.1) is 11.8 Å². The summed E-state index contributed by atoms with van der Waals surface area (Å²) in [7, 11) is 2.19. The highest BCUT2D eigenvalue weighted by atomic mass is 16.5. The maximum Gasteiger partial charge on any atom is 0.482 e. The van der Waals surface area contributed by atoms with E-state index in [-0.39, 0.29) is 18.9 Å². The molecule has 0 bridgehead atoms. The number of aliphatic carboxylic acids is 2. The van der Waals surface area contributed by atoms with Crippen LogP contribution in [0.15, 0.2) is 12.2 Å². The normalized spacial score (nSPS) is 41.8. The van der Waals surface area contributed by atoms with Crippen LogP contribution in [-0.4, -0.2) is 170 Å². The third kappa shape index (κ3) is 5.48. The molecule has 252 valence electrons. The molecule has 5 unspecified atom stereocenters. The molecule has 0 amide bonds. The number of carbonyl (C=O) groups is 3. The van der Waals surface area contributed by atoms with Gasteiger partial charge in [0.2, 0.25) is 0 Å². The molecule has 6 aliphatic rings. The Labute approximate surface area is 267 Å². The number of allylic oxidation sites excluding steroid dienone is 2. The number of nitrogens with zero attached hydrogens (tertiary/aromatic N) is 4. The summed E-state index contributed by atoms with van der Waals surface area (Å²) in [6.07, 6.45) is 12.1. The third-order valence-electron chi connectivity index (χ3n) is 12.8. The molecule has 0 radical (unpaired) electrons. The summed E-state index contributed by atoms with van der Waals surface area (Å²) in [5.74, 6) is -0.629. The number of carboxylic acids is 2. The number of hydrogen-bond acceptors (Lipinski definition) is 6. The number of carbonyl (C=O) groups excluding carboxylic acids is 1. The van der Waals surface area contributed by atoms with E-state index in [9.17, 15) is 24.6 Å². The molecule has 0 aromatic heterocycles. The summed E-state index contributed by atoms with van der Waals surface area (Å²) < 4.78 is 19.6. The first-order valence-electron chi connectivity index (χ1n) is 17.4. The van der Waals surface area contributed by atoms with Crippen molar-refractivity contribution in [2.75, 3.05) is 112 Å². The smallest absolute Gasteiger partial charge is 0.477 e. The first-order chi connectivity index (χ1) is 21.6. The molecule has 2 aliphatic carbocycles. The Balaban J connectivity index is 0.944. The summed E-state index contributed by atoms with van der Waals surface area (Å²) in [4.78, 5) is 38.0. The van der Waals surface area contributed by atoms with E-state index >= 15 is 0 Å². The van der Waals surface area contributed by atoms with Crippen LogP contribution in [0.25, 0.3) is 0 Å². The Kier molecular flexibility index (Phi) is 9.48. The standard InChI is InChI=1S/C33H54N4O8/c1-34-10-12-35(14-15-37(26-32(41)42)17-16-36(13-11-34,25-31(39)40)33(34,35)37)24-28(38)8-6-18-43-19-20-44-21-22-45-30-23-27-7-4-2-3-5-9-29(27)30/h2-3,27,29-30H,4-26H2,1H3/q+2/p+2/b3-2+/t27-,29-,30-,33?,34?,35?,36?,37?/m0/s1. The molecule has 4 saturated heterocycles. The lowest BCUT2D eigenvalue weighted by molar-refractivity contribution is -1.36. The number of carboxylic acid groups (broad SMARTS) is 2. The predicted octanol–water partition coefficient (Wildman–Crippen LogP) is 1.25. The largest absolute Gasteiger partial charge is 0.482 e. The van der Waals surface area contributed by atoms with Crippen molar-refractivity contribution in [2.24, 2.45) is 11.8 Å². The molecule has 45 heavy (non-hydrogen) atoms. The molecular formula is C33H56N4O8+4. The van der Waals surface area contributed by atoms with Crippen molar-refractivity contribution < 1.29 is 56.7 Å². The summed E-state index contributed by atoms with van der Waals surface area (Å²) in [6.45, 7) is 8.89. The van der Waals surface area contributed by atoms with Crippen molar-refractivity contribution in [3.63, 3.8) is 0 Å². The molecule has 4 aliphatic heterocycles.